The van der Waals surface area contributed by atoms with Crippen LogP contribution in [-0.2, 0) is 14.3 Å². The number of amides is 1. The molecule has 26 heavy (non-hydrogen) atoms. The highest BCUT2D eigenvalue weighted by Gasteiger charge is 2.46. The number of rotatable bonds is 11. The summed E-state index contributed by atoms with van der Waals surface area (Å²) in [6.07, 6.45) is 2.06. The van der Waals surface area contributed by atoms with E-state index in [-0.39, 0.29) is 5.17 Å². The number of ether oxygens (including phenoxy) is 2. The van der Waals surface area contributed by atoms with Crippen molar-refractivity contribution < 1.29 is 29.6 Å². The minimum Gasteiger partial charge on any atom is -0.471 e. The van der Waals surface area contributed by atoms with Gasteiger partial charge in [0.15, 0.2) is 12.3 Å². The number of nitrogens with two attached hydrogens (primary N) is 1. The number of unbranched alkanes of at least 4 members (excludes halogenated alkanes) is 7. The maximum atomic E-state index is 11.3. The van der Waals surface area contributed by atoms with Gasteiger partial charge in [0.1, 0.15) is 18.3 Å². The Kier molecular flexibility index (Phi) is 11.0. The number of aliphatic hydroxyl groups excluding tert-OH is 3. The van der Waals surface area contributed by atoms with Gasteiger partial charge in [-0.2, -0.15) is 0 Å². The molecule has 152 valence electrons. The normalized spacial score (nSPS) is 28.5. The van der Waals surface area contributed by atoms with Crippen LogP contribution in [0.25, 0.3) is 0 Å². The monoisotopic (exact) mass is 392 g/mol. The highest BCUT2D eigenvalue weighted by atomic mass is 32.1. The molecule has 5 atom stereocenters. The van der Waals surface area contributed by atoms with Gasteiger partial charge in [0.05, 0.1) is 6.61 Å². The molecule has 0 aromatic carbocycles. The summed E-state index contributed by atoms with van der Waals surface area (Å²) in [5.74, 6) is -0.943. The van der Waals surface area contributed by atoms with Gasteiger partial charge in [-0.15, -0.1) is 0 Å². The van der Waals surface area contributed by atoms with Gasteiger partial charge in [0, 0.05) is 0 Å². The van der Waals surface area contributed by atoms with Crippen LogP contribution >= 0.6 is 12.2 Å². The second kappa shape index (κ2) is 12.4. The van der Waals surface area contributed by atoms with E-state index in [1.807, 2.05) is 0 Å². The third-order valence-corrected chi connectivity index (χ3v) is 4.62. The molecule has 0 unspecified atom stereocenters. The number of carbonyl (C=O) groups is 1. The molecule has 0 aromatic rings. The molecule has 0 saturated carbocycles. The Morgan fingerprint density at radius 1 is 1.04 bits per heavy atom. The number of nitrogens with one attached hydrogen (secondary N) is 1. The summed E-state index contributed by atoms with van der Waals surface area (Å²) in [4.78, 5) is 11.3. The largest absolute Gasteiger partial charge is 0.471 e. The van der Waals surface area contributed by atoms with Crippen LogP contribution in [0.4, 0.5) is 0 Å². The van der Waals surface area contributed by atoms with Crippen molar-refractivity contribution >= 4 is 23.3 Å². The highest BCUT2D eigenvalue weighted by Crippen LogP contribution is 2.20. The summed E-state index contributed by atoms with van der Waals surface area (Å²) in [6, 6.07) is 0. The molecule has 1 amide bonds. The molecule has 1 heterocycles. The summed E-state index contributed by atoms with van der Waals surface area (Å²) >= 11 is 5.02. The zero-order valence-electron chi connectivity index (χ0n) is 15.3. The Labute approximate surface area is 160 Å². The second-order valence-corrected chi connectivity index (χ2v) is 6.98. The molecule has 1 aliphatic rings. The smallest absolute Gasteiger partial charge is 0.258 e. The fraction of sp³-hybridized carbons (Fsp3) is 0.882. The van der Waals surface area contributed by atoms with Crippen LogP contribution in [0.15, 0.2) is 0 Å². The molecule has 1 fully saturated rings. The van der Waals surface area contributed by atoms with Gasteiger partial charge >= 0.3 is 0 Å². The first kappa shape index (κ1) is 23.0. The zero-order chi connectivity index (χ0) is 19.5. The molecule has 1 rings (SSSR count). The summed E-state index contributed by atoms with van der Waals surface area (Å²) in [5.41, 5.74) is 5.11. The lowest BCUT2D eigenvalue weighted by Gasteiger charge is -2.39. The van der Waals surface area contributed by atoms with Crippen LogP contribution in [0.2, 0.25) is 0 Å². The van der Waals surface area contributed by atoms with E-state index in [1.54, 1.807) is 0 Å². The Morgan fingerprint density at radius 3 is 2.19 bits per heavy atom. The topological polar surface area (TPSA) is 134 Å². The molecular formula is C17H32N2O6S. The number of hydrogen-bond acceptors (Lipinski definition) is 7. The van der Waals surface area contributed by atoms with Crippen LogP contribution in [0.5, 0.6) is 0 Å². The maximum absolute atomic E-state index is 11.3. The Morgan fingerprint density at radius 2 is 1.62 bits per heavy atom. The number of thiocarbonyl (C=S) groups is 1. The van der Waals surface area contributed by atoms with Crippen molar-refractivity contribution in [1.29, 1.82) is 0 Å². The third-order valence-electron chi connectivity index (χ3n) is 4.38. The average molecular weight is 393 g/mol. The van der Waals surface area contributed by atoms with Crippen LogP contribution in [-0.4, -0.2) is 63.7 Å². The fourth-order valence-electron chi connectivity index (χ4n) is 2.79. The van der Waals surface area contributed by atoms with Crippen molar-refractivity contribution in [3.8, 4) is 0 Å². The van der Waals surface area contributed by atoms with E-state index in [1.165, 1.54) is 32.1 Å². The van der Waals surface area contributed by atoms with Crippen molar-refractivity contribution in [1.82, 2.24) is 5.32 Å². The lowest BCUT2D eigenvalue weighted by atomic mass is 9.98. The van der Waals surface area contributed by atoms with Gasteiger partial charge < -0.3 is 35.8 Å². The predicted octanol–water partition coefficient (Wildman–Crippen LogP) is 0.311. The summed E-state index contributed by atoms with van der Waals surface area (Å²) in [7, 11) is 0. The van der Waals surface area contributed by atoms with Crippen LogP contribution in [0, 0.1) is 0 Å². The lowest BCUT2D eigenvalue weighted by molar-refractivity contribution is -0.223. The van der Waals surface area contributed by atoms with Crippen LogP contribution in [0.1, 0.15) is 58.3 Å². The van der Waals surface area contributed by atoms with Gasteiger partial charge in [-0.05, 0) is 18.6 Å². The van der Waals surface area contributed by atoms with Crippen LogP contribution < -0.4 is 11.1 Å². The molecule has 0 aromatic heterocycles. The van der Waals surface area contributed by atoms with E-state index >= 15 is 0 Å². The van der Waals surface area contributed by atoms with Crippen molar-refractivity contribution in [2.45, 2.75) is 88.9 Å². The minimum atomic E-state index is -1.60. The first-order valence-electron chi connectivity index (χ1n) is 9.30. The second-order valence-electron chi connectivity index (χ2n) is 6.61. The van der Waals surface area contributed by atoms with Crippen molar-refractivity contribution in [2.75, 3.05) is 6.61 Å². The lowest BCUT2D eigenvalue weighted by Crippen LogP contribution is -2.65. The van der Waals surface area contributed by atoms with Crippen molar-refractivity contribution in [3.63, 3.8) is 0 Å². The van der Waals surface area contributed by atoms with Crippen molar-refractivity contribution in [3.05, 3.63) is 0 Å². The molecule has 0 spiro atoms. The third kappa shape index (κ3) is 7.71. The van der Waals surface area contributed by atoms with Crippen LogP contribution in [0.3, 0.4) is 0 Å². The fourth-order valence-corrected chi connectivity index (χ4v) is 2.99. The minimum absolute atomic E-state index is 0.0104. The molecule has 1 aliphatic heterocycles. The first-order chi connectivity index (χ1) is 12.4. The summed E-state index contributed by atoms with van der Waals surface area (Å²) < 4.78 is 10.6. The number of carbonyl (C=O) groups excluding carboxylic acids is 1. The molecule has 0 bridgehead atoms. The Balaban J connectivity index is 2.22. The van der Waals surface area contributed by atoms with Gasteiger partial charge in [0.25, 0.3) is 5.17 Å². The van der Waals surface area contributed by atoms with E-state index < -0.39 is 36.6 Å². The molecule has 1 saturated heterocycles. The van der Waals surface area contributed by atoms with Gasteiger partial charge in [-0.3, -0.25) is 4.79 Å². The SMILES string of the molecule is CCCCCCCCCCOC(=S)N[C@@H]1O[C@H](C(N)=O)[C@@H](O)[C@H](O)[C@H]1O. The molecular weight excluding hydrogens is 360 g/mol. The molecule has 9 heteroatoms. The van der Waals surface area contributed by atoms with Gasteiger partial charge in [-0.25, -0.2) is 0 Å². The predicted molar refractivity (Wildman–Crippen MR) is 100 cm³/mol. The summed E-state index contributed by atoms with van der Waals surface area (Å²) in [5, 5.41) is 32.0. The Hall–Kier alpha value is -1.00. The Bertz CT molecular complexity index is 439. The van der Waals surface area contributed by atoms with E-state index in [9.17, 15) is 20.1 Å². The maximum Gasteiger partial charge on any atom is 0.258 e. The van der Waals surface area contributed by atoms with Gasteiger partial charge in [0.2, 0.25) is 5.91 Å². The van der Waals surface area contributed by atoms with E-state index in [2.05, 4.69) is 12.2 Å². The zero-order valence-corrected chi connectivity index (χ0v) is 16.1. The summed E-state index contributed by atoms with van der Waals surface area (Å²) in [6.45, 7) is 2.62. The molecule has 6 N–H and O–H groups in total. The van der Waals surface area contributed by atoms with Crippen molar-refractivity contribution in [2.24, 2.45) is 5.73 Å². The number of aliphatic hydroxyl groups is 3. The first-order valence-corrected chi connectivity index (χ1v) is 9.71. The quantitative estimate of drug-likeness (QED) is 0.251. The molecule has 0 aliphatic carbocycles. The van der Waals surface area contributed by atoms with E-state index in [0.717, 1.165) is 19.3 Å². The number of primary amides is 1. The molecule has 0 radical (unpaired) electrons. The van der Waals surface area contributed by atoms with E-state index in [4.69, 9.17) is 27.4 Å². The highest BCUT2D eigenvalue weighted by molar-refractivity contribution is 7.80. The standard InChI is InChI=1S/C17H32N2O6S/c1-2-3-4-5-6-7-8-9-10-24-17(26)19-16-13(22)11(20)12(21)14(25-16)15(18)23/h11-14,16,20-22H,2-10H2,1H3,(H2,18,23)(H,19,26)/t11-,12-,13+,14-,16+/m0/s1. The van der Waals surface area contributed by atoms with Gasteiger partial charge in [-0.1, -0.05) is 51.9 Å². The van der Waals surface area contributed by atoms with E-state index in [0.29, 0.717) is 6.61 Å². The average Bonchev–Trinajstić information content (AvgIpc) is 2.60. The number of hydrogen-bond donors (Lipinski definition) is 5. The molecule has 8 nitrogen and oxygen atoms in total.